The smallest absolute Gasteiger partial charge is 0.253 e. The number of amides is 1. The van der Waals surface area contributed by atoms with Crippen LogP contribution in [0, 0.1) is 0 Å². The molecule has 1 aromatic carbocycles. The van der Waals surface area contributed by atoms with E-state index in [2.05, 4.69) is 21.2 Å². The van der Waals surface area contributed by atoms with Gasteiger partial charge < -0.3 is 11.1 Å². The Labute approximate surface area is 114 Å². The van der Waals surface area contributed by atoms with E-state index in [1.54, 1.807) is 12.1 Å². The number of halogens is 1. The maximum absolute atomic E-state index is 12.0. The molecule has 3 nitrogen and oxygen atoms in total. The minimum absolute atomic E-state index is 0.0868. The van der Waals surface area contributed by atoms with Gasteiger partial charge in [-0.15, -0.1) is 0 Å². The molecule has 1 atom stereocenters. The van der Waals surface area contributed by atoms with Gasteiger partial charge >= 0.3 is 0 Å². The number of hydrogen-bond donors (Lipinski definition) is 2. The number of carbonyl (C=O) groups excluding carboxylic acids is 1. The third-order valence-electron chi connectivity index (χ3n) is 2.77. The zero-order valence-electron chi connectivity index (χ0n) is 9.41. The van der Waals surface area contributed by atoms with E-state index in [4.69, 9.17) is 5.73 Å². The molecule has 0 aliphatic carbocycles. The highest BCUT2D eigenvalue weighted by Crippen LogP contribution is 2.25. The number of thioether (sulfide) groups is 1. The van der Waals surface area contributed by atoms with Crippen molar-refractivity contribution >= 4 is 39.3 Å². The molecule has 1 aliphatic rings. The molecule has 1 amide bonds. The summed E-state index contributed by atoms with van der Waals surface area (Å²) in [5.74, 6) is 1.12. The summed E-state index contributed by atoms with van der Waals surface area (Å²) < 4.78 is 0.868. The number of anilines is 1. The van der Waals surface area contributed by atoms with Gasteiger partial charge in [0.05, 0.1) is 5.56 Å². The summed E-state index contributed by atoms with van der Waals surface area (Å²) in [6.07, 6.45) is 2.45. The summed E-state index contributed by atoms with van der Waals surface area (Å²) in [7, 11) is 0. The van der Waals surface area contributed by atoms with E-state index in [1.807, 2.05) is 17.8 Å². The Hall–Kier alpha value is -0.680. The van der Waals surface area contributed by atoms with Crippen LogP contribution in [0.2, 0.25) is 0 Å². The van der Waals surface area contributed by atoms with Crippen LogP contribution in [-0.4, -0.2) is 23.5 Å². The van der Waals surface area contributed by atoms with Crippen LogP contribution >= 0.6 is 27.7 Å². The fraction of sp³-hybridized carbons (Fsp3) is 0.417. The Morgan fingerprint density at radius 3 is 3.12 bits per heavy atom. The van der Waals surface area contributed by atoms with E-state index in [0.29, 0.717) is 16.5 Å². The SMILES string of the molecule is Nc1ccc(Br)cc1C(=O)NCC1CCCS1. The summed E-state index contributed by atoms with van der Waals surface area (Å²) in [5.41, 5.74) is 6.85. The van der Waals surface area contributed by atoms with Crippen molar-refractivity contribution in [2.24, 2.45) is 0 Å². The highest BCUT2D eigenvalue weighted by molar-refractivity contribution is 9.10. The second-order valence-corrected chi connectivity index (χ2v) is 6.40. The van der Waals surface area contributed by atoms with E-state index in [1.165, 1.54) is 18.6 Å². The van der Waals surface area contributed by atoms with E-state index < -0.39 is 0 Å². The molecule has 0 radical (unpaired) electrons. The Bertz CT molecular complexity index is 419. The molecule has 0 aromatic heterocycles. The van der Waals surface area contributed by atoms with Crippen LogP contribution in [0.15, 0.2) is 22.7 Å². The Morgan fingerprint density at radius 2 is 2.41 bits per heavy atom. The van der Waals surface area contributed by atoms with Gasteiger partial charge in [0.2, 0.25) is 0 Å². The number of benzene rings is 1. The number of nitrogens with one attached hydrogen (secondary N) is 1. The van der Waals surface area contributed by atoms with Crippen LogP contribution in [0.5, 0.6) is 0 Å². The maximum Gasteiger partial charge on any atom is 0.253 e. The molecule has 0 spiro atoms. The third kappa shape index (κ3) is 3.39. The number of rotatable bonds is 3. The van der Waals surface area contributed by atoms with Crippen LogP contribution in [0.3, 0.4) is 0 Å². The predicted molar refractivity (Wildman–Crippen MR) is 76.4 cm³/mol. The van der Waals surface area contributed by atoms with Crippen LogP contribution in [0.1, 0.15) is 23.2 Å². The Morgan fingerprint density at radius 1 is 1.59 bits per heavy atom. The summed E-state index contributed by atoms with van der Waals surface area (Å²) in [4.78, 5) is 12.0. The molecule has 17 heavy (non-hydrogen) atoms. The van der Waals surface area contributed by atoms with Crippen molar-refractivity contribution in [3.63, 3.8) is 0 Å². The van der Waals surface area contributed by atoms with Gasteiger partial charge in [-0.25, -0.2) is 0 Å². The molecule has 1 unspecified atom stereocenters. The molecule has 5 heteroatoms. The normalized spacial score (nSPS) is 19.2. The standard InChI is InChI=1S/C12H15BrN2OS/c13-8-3-4-11(14)10(6-8)12(16)15-7-9-2-1-5-17-9/h3-4,6,9H,1-2,5,7,14H2,(H,15,16). The first-order valence-electron chi connectivity index (χ1n) is 5.61. The van der Waals surface area contributed by atoms with Crippen molar-refractivity contribution in [3.05, 3.63) is 28.2 Å². The van der Waals surface area contributed by atoms with Crippen LogP contribution < -0.4 is 11.1 Å². The Balaban J connectivity index is 1.96. The molecule has 0 bridgehead atoms. The van der Waals surface area contributed by atoms with Crippen LogP contribution in [-0.2, 0) is 0 Å². The van der Waals surface area contributed by atoms with Gasteiger partial charge in [0.15, 0.2) is 0 Å². The van der Waals surface area contributed by atoms with Gasteiger partial charge in [-0.3, -0.25) is 4.79 Å². The highest BCUT2D eigenvalue weighted by Gasteiger charge is 2.17. The predicted octanol–water partition coefficient (Wildman–Crippen LogP) is 2.66. The summed E-state index contributed by atoms with van der Waals surface area (Å²) >= 11 is 5.27. The molecule has 1 heterocycles. The number of hydrogen-bond acceptors (Lipinski definition) is 3. The van der Waals surface area contributed by atoms with Crippen LogP contribution in [0.25, 0.3) is 0 Å². The lowest BCUT2D eigenvalue weighted by molar-refractivity contribution is 0.0954. The first-order chi connectivity index (χ1) is 8.16. The third-order valence-corrected chi connectivity index (χ3v) is 4.67. The van der Waals surface area contributed by atoms with Crippen molar-refractivity contribution in [1.82, 2.24) is 5.32 Å². The molecule has 2 rings (SSSR count). The molecule has 1 fully saturated rings. The van der Waals surface area contributed by atoms with Gasteiger partial charge in [-0.05, 0) is 36.8 Å². The van der Waals surface area contributed by atoms with Crippen molar-refractivity contribution in [2.45, 2.75) is 18.1 Å². The largest absolute Gasteiger partial charge is 0.398 e. The summed E-state index contributed by atoms with van der Waals surface area (Å²) in [5, 5.41) is 3.51. The van der Waals surface area contributed by atoms with Gasteiger partial charge in [-0.2, -0.15) is 11.8 Å². The van der Waals surface area contributed by atoms with E-state index >= 15 is 0 Å². The van der Waals surface area contributed by atoms with Gasteiger partial charge in [0.1, 0.15) is 0 Å². The number of carbonyl (C=O) groups is 1. The van der Waals surface area contributed by atoms with E-state index in [0.717, 1.165) is 11.0 Å². The fourth-order valence-electron chi connectivity index (χ4n) is 1.83. The molecule has 1 saturated heterocycles. The van der Waals surface area contributed by atoms with Gasteiger partial charge in [0.25, 0.3) is 5.91 Å². The van der Waals surface area contributed by atoms with E-state index in [9.17, 15) is 4.79 Å². The zero-order valence-corrected chi connectivity index (χ0v) is 11.8. The van der Waals surface area contributed by atoms with Gasteiger partial charge in [0, 0.05) is 22.0 Å². The average Bonchev–Trinajstić information content (AvgIpc) is 2.82. The first kappa shape index (κ1) is 12.8. The monoisotopic (exact) mass is 314 g/mol. The van der Waals surface area contributed by atoms with Crippen molar-refractivity contribution in [1.29, 1.82) is 0 Å². The lowest BCUT2D eigenvalue weighted by atomic mass is 10.1. The van der Waals surface area contributed by atoms with Crippen LogP contribution in [0.4, 0.5) is 5.69 Å². The zero-order chi connectivity index (χ0) is 12.3. The minimum Gasteiger partial charge on any atom is -0.398 e. The number of nitrogens with two attached hydrogens (primary N) is 1. The highest BCUT2D eigenvalue weighted by atomic mass is 79.9. The quantitative estimate of drug-likeness (QED) is 0.843. The lowest BCUT2D eigenvalue weighted by Crippen LogP contribution is -2.30. The summed E-state index contributed by atoms with van der Waals surface area (Å²) in [6.45, 7) is 0.732. The van der Waals surface area contributed by atoms with Crippen molar-refractivity contribution < 1.29 is 4.79 Å². The molecular formula is C12H15BrN2OS. The molecular weight excluding hydrogens is 300 g/mol. The topological polar surface area (TPSA) is 55.1 Å². The Kier molecular flexibility index (Phi) is 4.34. The lowest BCUT2D eigenvalue weighted by Gasteiger charge is -2.11. The average molecular weight is 315 g/mol. The second-order valence-electron chi connectivity index (χ2n) is 4.08. The fourth-order valence-corrected chi connectivity index (χ4v) is 3.39. The van der Waals surface area contributed by atoms with Crippen molar-refractivity contribution in [3.8, 4) is 0 Å². The molecule has 1 aromatic rings. The number of nitrogen functional groups attached to an aromatic ring is 1. The molecule has 1 aliphatic heterocycles. The summed E-state index contributed by atoms with van der Waals surface area (Å²) in [6, 6.07) is 5.33. The first-order valence-corrected chi connectivity index (χ1v) is 7.46. The molecule has 0 saturated carbocycles. The minimum atomic E-state index is -0.0868. The van der Waals surface area contributed by atoms with Crippen molar-refractivity contribution in [2.75, 3.05) is 18.0 Å². The molecule has 92 valence electrons. The maximum atomic E-state index is 12.0. The van der Waals surface area contributed by atoms with Gasteiger partial charge in [-0.1, -0.05) is 15.9 Å². The second kappa shape index (κ2) is 5.78. The molecule has 3 N–H and O–H groups in total. The van der Waals surface area contributed by atoms with E-state index in [-0.39, 0.29) is 5.91 Å².